The van der Waals surface area contributed by atoms with E-state index in [2.05, 4.69) is 17.3 Å². The summed E-state index contributed by atoms with van der Waals surface area (Å²) < 4.78 is 4.89. The second-order valence-electron chi connectivity index (χ2n) is 5.07. The summed E-state index contributed by atoms with van der Waals surface area (Å²) in [5, 5.41) is 12.9. The highest BCUT2D eigenvalue weighted by Crippen LogP contribution is 2.16. The summed E-state index contributed by atoms with van der Waals surface area (Å²) >= 11 is 0. The van der Waals surface area contributed by atoms with Crippen molar-refractivity contribution in [3.05, 3.63) is 0 Å². The lowest BCUT2D eigenvalue weighted by Gasteiger charge is -2.32. The Labute approximate surface area is 105 Å². The summed E-state index contributed by atoms with van der Waals surface area (Å²) in [4.78, 5) is 2.48. The molecule has 1 fully saturated rings. The number of likely N-dealkylation sites (tertiary alicyclic amines) is 1. The molecule has 1 heterocycles. The molecule has 102 valence electrons. The van der Waals surface area contributed by atoms with Crippen molar-refractivity contribution in [3.63, 3.8) is 0 Å². The van der Waals surface area contributed by atoms with Gasteiger partial charge in [0.05, 0.1) is 12.7 Å². The van der Waals surface area contributed by atoms with Gasteiger partial charge in [-0.25, -0.2) is 0 Å². The lowest BCUT2D eigenvalue weighted by atomic mass is 10.0. The van der Waals surface area contributed by atoms with E-state index >= 15 is 0 Å². The number of piperidine rings is 1. The predicted octanol–water partition coefficient (Wildman–Crippen LogP) is 0.848. The number of hydrogen-bond donors (Lipinski definition) is 2. The number of aliphatic hydroxyl groups is 1. The lowest BCUT2D eigenvalue weighted by molar-refractivity contribution is 0.0593. The number of hydrogen-bond acceptors (Lipinski definition) is 4. The van der Waals surface area contributed by atoms with E-state index in [1.54, 1.807) is 7.11 Å². The fraction of sp³-hybridized carbons (Fsp3) is 1.00. The summed E-state index contributed by atoms with van der Waals surface area (Å²) in [6.07, 6.45) is 5.73. The molecule has 1 aliphatic rings. The number of aliphatic hydroxyl groups excluding tert-OH is 1. The smallest absolute Gasteiger partial charge is 0.0785 e. The zero-order chi connectivity index (χ0) is 12.5. The molecule has 0 saturated carbocycles. The highest BCUT2D eigenvalue weighted by Gasteiger charge is 2.17. The molecule has 0 bridgehead atoms. The van der Waals surface area contributed by atoms with Crippen LogP contribution in [0, 0.1) is 0 Å². The summed E-state index contributed by atoms with van der Waals surface area (Å²) in [6, 6.07) is 0.750. The SMILES string of the molecule is COCC(O)CCNCCC1CCCCN1C. The summed E-state index contributed by atoms with van der Waals surface area (Å²) in [5.74, 6) is 0. The molecule has 0 aromatic carbocycles. The van der Waals surface area contributed by atoms with Gasteiger partial charge in [-0.2, -0.15) is 0 Å². The van der Waals surface area contributed by atoms with Crippen LogP contribution < -0.4 is 5.32 Å². The Hall–Kier alpha value is -0.160. The van der Waals surface area contributed by atoms with Gasteiger partial charge in [0.25, 0.3) is 0 Å². The molecule has 1 rings (SSSR count). The number of nitrogens with zero attached hydrogens (tertiary/aromatic N) is 1. The van der Waals surface area contributed by atoms with Gasteiger partial charge in [-0.1, -0.05) is 6.42 Å². The van der Waals surface area contributed by atoms with E-state index in [0.717, 1.165) is 25.6 Å². The van der Waals surface area contributed by atoms with E-state index in [4.69, 9.17) is 4.74 Å². The van der Waals surface area contributed by atoms with Crippen LogP contribution in [0.4, 0.5) is 0 Å². The molecule has 0 radical (unpaired) electrons. The normalized spacial score (nSPS) is 23.8. The van der Waals surface area contributed by atoms with Gasteiger partial charge in [0.15, 0.2) is 0 Å². The Morgan fingerprint density at radius 3 is 2.94 bits per heavy atom. The third-order valence-electron chi connectivity index (χ3n) is 3.59. The van der Waals surface area contributed by atoms with Crippen molar-refractivity contribution in [2.45, 2.75) is 44.2 Å². The number of ether oxygens (including phenoxy) is 1. The predicted molar refractivity (Wildman–Crippen MR) is 70.3 cm³/mol. The fourth-order valence-electron chi connectivity index (χ4n) is 2.45. The van der Waals surface area contributed by atoms with Gasteiger partial charge in [0.2, 0.25) is 0 Å². The van der Waals surface area contributed by atoms with Crippen LogP contribution in [0.2, 0.25) is 0 Å². The molecule has 1 aliphatic heterocycles. The maximum absolute atomic E-state index is 9.47. The number of nitrogens with one attached hydrogen (secondary N) is 1. The topological polar surface area (TPSA) is 44.7 Å². The van der Waals surface area contributed by atoms with Crippen LogP contribution in [-0.2, 0) is 4.74 Å². The minimum absolute atomic E-state index is 0.329. The molecule has 0 amide bonds. The van der Waals surface area contributed by atoms with Crippen molar-refractivity contribution in [2.24, 2.45) is 0 Å². The first-order valence-corrected chi connectivity index (χ1v) is 6.82. The summed E-state index contributed by atoms with van der Waals surface area (Å²) in [5.41, 5.74) is 0. The highest BCUT2D eigenvalue weighted by atomic mass is 16.5. The van der Waals surface area contributed by atoms with Crippen molar-refractivity contribution in [1.82, 2.24) is 10.2 Å². The molecule has 2 N–H and O–H groups in total. The van der Waals surface area contributed by atoms with Crippen molar-refractivity contribution < 1.29 is 9.84 Å². The molecule has 4 heteroatoms. The van der Waals surface area contributed by atoms with Crippen LogP contribution in [0.5, 0.6) is 0 Å². The van der Waals surface area contributed by atoms with E-state index in [9.17, 15) is 5.11 Å². The minimum atomic E-state index is -0.329. The van der Waals surface area contributed by atoms with Gasteiger partial charge in [-0.3, -0.25) is 0 Å². The standard InChI is InChI=1S/C13H28N2O2/c1-15-10-4-3-5-12(15)6-8-14-9-7-13(16)11-17-2/h12-14,16H,3-11H2,1-2H3. The molecule has 17 heavy (non-hydrogen) atoms. The second kappa shape index (κ2) is 8.86. The molecular formula is C13H28N2O2. The van der Waals surface area contributed by atoms with Crippen LogP contribution in [0.25, 0.3) is 0 Å². The van der Waals surface area contributed by atoms with Gasteiger partial charge in [-0.05, 0) is 52.4 Å². The fourth-order valence-corrected chi connectivity index (χ4v) is 2.45. The van der Waals surface area contributed by atoms with E-state index < -0.39 is 0 Å². The van der Waals surface area contributed by atoms with E-state index in [0.29, 0.717) is 6.61 Å². The maximum Gasteiger partial charge on any atom is 0.0785 e. The molecule has 2 unspecified atom stereocenters. The molecular weight excluding hydrogens is 216 g/mol. The first kappa shape index (κ1) is 14.9. The Kier molecular flexibility index (Phi) is 7.77. The van der Waals surface area contributed by atoms with Crippen molar-refractivity contribution in [3.8, 4) is 0 Å². The summed E-state index contributed by atoms with van der Waals surface area (Å²) in [7, 11) is 3.85. The van der Waals surface area contributed by atoms with Gasteiger partial charge < -0.3 is 20.1 Å². The average Bonchev–Trinajstić information content (AvgIpc) is 2.31. The Bertz CT molecular complexity index is 190. The molecule has 0 aromatic rings. The first-order valence-electron chi connectivity index (χ1n) is 6.82. The molecule has 0 spiro atoms. The Morgan fingerprint density at radius 2 is 2.24 bits per heavy atom. The Balaban J connectivity index is 1.96. The maximum atomic E-state index is 9.47. The highest BCUT2D eigenvalue weighted by molar-refractivity contribution is 4.74. The quantitative estimate of drug-likeness (QED) is 0.621. The number of methoxy groups -OCH3 is 1. The molecule has 0 aromatic heterocycles. The Morgan fingerprint density at radius 1 is 1.41 bits per heavy atom. The minimum Gasteiger partial charge on any atom is -0.391 e. The molecule has 4 nitrogen and oxygen atoms in total. The first-order chi connectivity index (χ1) is 8.24. The van der Waals surface area contributed by atoms with E-state index in [1.165, 1.54) is 32.2 Å². The van der Waals surface area contributed by atoms with Crippen LogP contribution in [-0.4, -0.2) is 62.6 Å². The zero-order valence-corrected chi connectivity index (χ0v) is 11.3. The molecule has 1 saturated heterocycles. The third-order valence-corrected chi connectivity index (χ3v) is 3.59. The van der Waals surface area contributed by atoms with Gasteiger partial charge in [-0.15, -0.1) is 0 Å². The van der Waals surface area contributed by atoms with Crippen LogP contribution in [0.1, 0.15) is 32.1 Å². The molecule has 0 aliphatic carbocycles. The number of rotatable bonds is 8. The van der Waals surface area contributed by atoms with E-state index in [1.807, 2.05) is 0 Å². The largest absolute Gasteiger partial charge is 0.391 e. The van der Waals surface area contributed by atoms with Gasteiger partial charge in [0, 0.05) is 13.2 Å². The second-order valence-corrected chi connectivity index (χ2v) is 5.07. The monoisotopic (exact) mass is 244 g/mol. The van der Waals surface area contributed by atoms with Crippen LogP contribution >= 0.6 is 0 Å². The molecule has 2 atom stereocenters. The van der Waals surface area contributed by atoms with Crippen LogP contribution in [0.3, 0.4) is 0 Å². The van der Waals surface area contributed by atoms with Crippen molar-refractivity contribution in [1.29, 1.82) is 0 Å². The van der Waals surface area contributed by atoms with Gasteiger partial charge >= 0.3 is 0 Å². The lowest BCUT2D eigenvalue weighted by Crippen LogP contribution is -2.38. The van der Waals surface area contributed by atoms with Crippen LogP contribution in [0.15, 0.2) is 0 Å². The van der Waals surface area contributed by atoms with Gasteiger partial charge in [0.1, 0.15) is 0 Å². The van der Waals surface area contributed by atoms with Crippen molar-refractivity contribution >= 4 is 0 Å². The average molecular weight is 244 g/mol. The zero-order valence-electron chi connectivity index (χ0n) is 11.3. The summed E-state index contributed by atoms with van der Waals surface area (Å²) in [6.45, 7) is 3.61. The van der Waals surface area contributed by atoms with Crippen molar-refractivity contribution in [2.75, 3.05) is 40.4 Å². The van der Waals surface area contributed by atoms with E-state index in [-0.39, 0.29) is 6.10 Å². The third kappa shape index (κ3) is 6.36.